The predicted octanol–water partition coefficient (Wildman–Crippen LogP) is 3.49. The van der Waals surface area contributed by atoms with Crippen molar-refractivity contribution in [1.82, 2.24) is 0 Å². The monoisotopic (exact) mass is 546 g/mol. The lowest BCUT2D eigenvalue weighted by atomic mass is 9.69. The van der Waals surface area contributed by atoms with Gasteiger partial charge in [-0.3, -0.25) is 4.79 Å². The van der Waals surface area contributed by atoms with Crippen LogP contribution < -0.4 is 0 Å². The van der Waals surface area contributed by atoms with E-state index in [4.69, 9.17) is 14.2 Å². The van der Waals surface area contributed by atoms with Crippen LogP contribution >= 0.6 is 0 Å². The van der Waals surface area contributed by atoms with E-state index in [0.717, 1.165) is 12.0 Å². The summed E-state index contributed by atoms with van der Waals surface area (Å²) < 4.78 is 19.1. The van der Waals surface area contributed by atoms with Gasteiger partial charge in [0.05, 0.1) is 18.3 Å². The summed E-state index contributed by atoms with van der Waals surface area (Å²) in [5, 5.41) is 44.4. The summed E-state index contributed by atoms with van der Waals surface area (Å²) in [6, 6.07) is 0. The van der Waals surface area contributed by atoms with Gasteiger partial charge in [0.15, 0.2) is 5.79 Å². The second-order valence-electron chi connectivity index (χ2n) is 12.3. The Labute approximate surface area is 232 Å². The Morgan fingerprint density at radius 2 is 1.69 bits per heavy atom. The van der Waals surface area contributed by atoms with Crippen molar-refractivity contribution in [3.8, 4) is 0 Å². The van der Waals surface area contributed by atoms with Gasteiger partial charge in [-0.05, 0) is 63.2 Å². The standard InChI is InChI=1S/C31H46O8/c1-17-12-13-30(38-22(17)6)16-24-15-23(39-30)11-10-19(3)26(32)18(2)8-7-9-21(5)31(36)25(29(35)37-24)14-20(4)27(33)28(31)34/h7-10,14,17-18,22-28,32-34,36H,11-13,15-16H2,1-6H3. The van der Waals surface area contributed by atoms with Crippen LogP contribution in [0.25, 0.3) is 0 Å². The van der Waals surface area contributed by atoms with Gasteiger partial charge in [-0.1, -0.05) is 44.2 Å². The molecule has 4 rings (SSSR count). The van der Waals surface area contributed by atoms with Gasteiger partial charge in [0.2, 0.25) is 0 Å². The number of hydrogen-bond acceptors (Lipinski definition) is 8. The third kappa shape index (κ3) is 5.97. The molecule has 2 saturated heterocycles. The van der Waals surface area contributed by atoms with E-state index in [2.05, 4.69) is 6.92 Å². The fourth-order valence-electron chi connectivity index (χ4n) is 6.38. The van der Waals surface area contributed by atoms with E-state index >= 15 is 0 Å². The van der Waals surface area contributed by atoms with Gasteiger partial charge >= 0.3 is 5.97 Å². The quantitative estimate of drug-likeness (QED) is 0.269. The Hall–Kier alpha value is -1.81. The minimum Gasteiger partial charge on any atom is -0.462 e. The Balaban J connectivity index is 1.75. The lowest BCUT2D eigenvalue weighted by molar-refractivity contribution is -0.332. The highest BCUT2D eigenvalue weighted by molar-refractivity contribution is 5.78. The Kier molecular flexibility index (Phi) is 8.96. The van der Waals surface area contributed by atoms with Crippen molar-refractivity contribution < 1.29 is 39.4 Å². The van der Waals surface area contributed by atoms with Crippen molar-refractivity contribution in [1.29, 1.82) is 0 Å². The van der Waals surface area contributed by atoms with Crippen LogP contribution in [0, 0.1) is 17.8 Å². The van der Waals surface area contributed by atoms with E-state index < -0.39 is 47.7 Å². The number of hydrogen-bond donors (Lipinski definition) is 4. The topological polar surface area (TPSA) is 126 Å². The number of allylic oxidation sites excluding steroid dienone is 2. The van der Waals surface area contributed by atoms with Crippen LogP contribution in [0.1, 0.15) is 73.6 Å². The third-order valence-electron chi connectivity index (χ3n) is 9.35. The largest absolute Gasteiger partial charge is 0.462 e. The van der Waals surface area contributed by atoms with Crippen molar-refractivity contribution in [3.05, 3.63) is 47.1 Å². The second-order valence-corrected chi connectivity index (χ2v) is 12.3. The highest BCUT2D eigenvalue weighted by atomic mass is 16.7. The molecule has 0 aromatic rings. The maximum atomic E-state index is 13.7. The van der Waals surface area contributed by atoms with Gasteiger partial charge in [-0.25, -0.2) is 0 Å². The summed E-state index contributed by atoms with van der Waals surface area (Å²) in [5.41, 5.74) is -0.572. The summed E-state index contributed by atoms with van der Waals surface area (Å²) in [4.78, 5) is 13.7. The van der Waals surface area contributed by atoms with Crippen molar-refractivity contribution in [2.75, 3.05) is 0 Å². The van der Waals surface area contributed by atoms with E-state index in [9.17, 15) is 25.2 Å². The lowest BCUT2D eigenvalue weighted by Crippen LogP contribution is -2.60. The second kappa shape index (κ2) is 11.6. The van der Waals surface area contributed by atoms with Gasteiger partial charge in [-0.2, -0.15) is 0 Å². The summed E-state index contributed by atoms with van der Waals surface area (Å²) in [6.45, 7) is 11.2. The highest BCUT2D eigenvalue weighted by Gasteiger charge is 2.55. The zero-order chi connectivity index (χ0) is 28.7. The summed E-state index contributed by atoms with van der Waals surface area (Å²) in [7, 11) is 0. The number of esters is 1. The number of rotatable bonds is 0. The molecule has 4 aliphatic rings. The molecule has 4 N–H and O–H groups in total. The van der Waals surface area contributed by atoms with E-state index in [0.29, 0.717) is 42.7 Å². The fraction of sp³-hybridized carbons (Fsp3) is 0.710. The average molecular weight is 547 g/mol. The zero-order valence-corrected chi connectivity index (χ0v) is 24.0. The molecule has 3 heterocycles. The van der Waals surface area contributed by atoms with Crippen LogP contribution in [0.15, 0.2) is 47.1 Å². The number of ether oxygens (including phenoxy) is 3. The van der Waals surface area contributed by atoms with Crippen LogP contribution in [0.2, 0.25) is 0 Å². The number of aliphatic hydroxyl groups is 4. The SMILES string of the molecule is CC1=CCC2CC(CC3(CCC(C)C(C)O3)O2)OC(=O)C2C=C(C)C(O)C(O)C2(O)C(C)=CC=CC(C)C1O. The smallest absolute Gasteiger partial charge is 0.316 e. The molecule has 218 valence electrons. The molecule has 1 spiro atoms. The molecular formula is C31H46O8. The predicted molar refractivity (Wildman–Crippen MR) is 146 cm³/mol. The fourth-order valence-corrected chi connectivity index (χ4v) is 6.38. The van der Waals surface area contributed by atoms with Crippen LogP contribution in [-0.2, 0) is 19.0 Å². The van der Waals surface area contributed by atoms with Crippen molar-refractivity contribution in [3.63, 3.8) is 0 Å². The van der Waals surface area contributed by atoms with Gasteiger partial charge in [0.25, 0.3) is 0 Å². The Morgan fingerprint density at radius 3 is 2.38 bits per heavy atom. The zero-order valence-electron chi connectivity index (χ0n) is 24.0. The molecule has 0 amide bonds. The molecule has 2 bridgehead atoms. The first-order valence-electron chi connectivity index (χ1n) is 14.3. The van der Waals surface area contributed by atoms with Crippen LogP contribution in [-0.4, -0.2) is 74.4 Å². The van der Waals surface area contributed by atoms with E-state index in [1.807, 2.05) is 26.8 Å². The van der Waals surface area contributed by atoms with E-state index in [1.165, 1.54) is 6.08 Å². The summed E-state index contributed by atoms with van der Waals surface area (Å²) in [6.07, 6.45) is 6.99. The molecule has 0 aromatic heterocycles. The first-order valence-corrected chi connectivity index (χ1v) is 14.3. The Bertz CT molecular complexity index is 1050. The van der Waals surface area contributed by atoms with Gasteiger partial charge < -0.3 is 34.6 Å². The maximum Gasteiger partial charge on any atom is 0.316 e. The van der Waals surface area contributed by atoms with Crippen LogP contribution in [0.3, 0.4) is 0 Å². The molecule has 0 radical (unpaired) electrons. The number of carbonyl (C=O) groups excluding carboxylic acids is 1. The molecule has 11 unspecified atom stereocenters. The summed E-state index contributed by atoms with van der Waals surface area (Å²) in [5.74, 6) is -2.62. The van der Waals surface area contributed by atoms with Crippen molar-refractivity contribution >= 4 is 5.97 Å². The molecular weight excluding hydrogens is 500 g/mol. The minimum atomic E-state index is -2.08. The van der Waals surface area contributed by atoms with E-state index in [1.54, 1.807) is 32.1 Å². The van der Waals surface area contributed by atoms with Crippen molar-refractivity contribution in [2.45, 2.75) is 122 Å². The van der Waals surface area contributed by atoms with Gasteiger partial charge in [-0.15, -0.1) is 0 Å². The molecule has 11 atom stereocenters. The van der Waals surface area contributed by atoms with Gasteiger partial charge in [0.1, 0.15) is 29.8 Å². The molecule has 39 heavy (non-hydrogen) atoms. The number of fused-ring (bicyclic) bond motifs is 3. The molecule has 8 heteroatoms. The maximum absolute atomic E-state index is 13.7. The molecule has 3 aliphatic heterocycles. The highest BCUT2D eigenvalue weighted by Crippen LogP contribution is 2.44. The average Bonchev–Trinajstić information content (AvgIpc) is 2.89. The third-order valence-corrected chi connectivity index (χ3v) is 9.35. The molecule has 8 nitrogen and oxygen atoms in total. The number of carbonyl (C=O) groups is 1. The lowest BCUT2D eigenvalue weighted by Gasteiger charge is -2.49. The normalized spacial score (nSPS) is 46.1. The molecule has 0 aromatic carbocycles. The molecule has 2 fully saturated rings. The Morgan fingerprint density at radius 1 is 0.974 bits per heavy atom. The molecule has 1 aliphatic carbocycles. The minimum absolute atomic E-state index is 0.0168. The van der Waals surface area contributed by atoms with E-state index in [-0.39, 0.29) is 18.1 Å². The number of aliphatic hydroxyl groups excluding tert-OH is 3. The first-order chi connectivity index (χ1) is 18.3. The van der Waals surface area contributed by atoms with Crippen LogP contribution in [0.5, 0.6) is 0 Å². The summed E-state index contributed by atoms with van der Waals surface area (Å²) >= 11 is 0. The van der Waals surface area contributed by atoms with Gasteiger partial charge in [0, 0.05) is 25.2 Å². The van der Waals surface area contributed by atoms with Crippen LogP contribution in [0.4, 0.5) is 0 Å². The van der Waals surface area contributed by atoms with Crippen molar-refractivity contribution in [2.24, 2.45) is 17.8 Å². The molecule has 0 saturated carbocycles. The first kappa shape index (κ1) is 30.2.